The SMILES string of the molecule is Cc1ncc([N+](=O)[O-])n1CCOC(=O)COCC(=O)NC(=O)NO. The second-order valence-electron chi connectivity index (χ2n) is 4.27. The van der Waals surface area contributed by atoms with Gasteiger partial charge in [0.2, 0.25) is 0 Å². The van der Waals surface area contributed by atoms with E-state index in [-0.39, 0.29) is 19.0 Å². The Labute approximate surface area is 134 Å². The Morgan fingerprint density at radius 3 is 2.75 bits per heavy atom. The summed E-state index contributed by atoms with van der Waals surface area (Å²) >= 11 is 0. The summed E-state index contributed by atoms with van der Waals surface area (Å²) in [5.41, 5.74) is 1.18. The van der Waals surface area contributed by atoms with E-state index in [2.05, 4.69) is 4.98 Å². The molecule has 13 nitrogen and oxygen atoms in total. The monoisotopic (exact) mass is 345 g/mol. The molecule has 0 aliphatic carbocycles. The summed E-state index contributed by atoms with van der Waals surface area (Å²) in [5.74, 6) is -1.50. The predicted molar refractivity (Wildman–Crippen MR) is 73.9 cm³/mol. The van der Waals surface area contributed by atoms with Gasteiger partial charge in [-0.2, -0.15) is 0 Å². The van der Waals surface area contributed by atoms with Crippen LogP contribution < -0.4 is 10.8 Å². The van der Waals surface area contributed by atoms with Crippen molar-refractivity contribution in [1.29, 1.82) is 0 Å². The number of hydroxylamine groups is 1. The second-order valence-corrected chi connectivity index (χ2v) is 4.27. The first kappa shape index (κ1) is 19.0. The molecule has 0 bridgehead atoms. The number of hydrogen-bond donors (Lipinski definition) is 3. The Hall–Kier alpha value is -3.06. The molecule has 1 aromatic rings. The lowest BCUT2D eigenvalue weighted by molar-refractivity contribution is -0.392. The summed E-state index contributed by atoms with van der Waals surface area (Å²) < 4.78 is 10.8. The molecule has 1 heterocycles. The maximum atomic E-state index is 11.4. The molecule has 24 heavy (non-hydrogen) atoms. The summed E-state index contributed by atoms with van der Waals surface area (Å²) in [6, 6.07) is -1.14. The summed E-state index contributed by atoms with van der Waals surface area (Å²) in [7, 11) is 0. The number of carbonyl (C=O) groups is 3. The van der Waals surface area contributed by atoms with E-state index in [4.69, 9.17) is 14.7 Å². The molecule has 1 rings (SSSR count). The van der Waals surface area contributed by atoms with Crippen molar-refractivity contribution in [3.63, 3.8) is 0 Å². The molecule has 0 aliphatic heterocycles. The highest BCUT2D eigenvalue weighted by molar-refractivity contribution is 5.94. The Balaban J connectivity index is 2.28. The van der Waals surface area contributed by atoms with Crippen LogP contribution in [0.1, 0.15) is 5.82 Å². The fourth-order valence-corrected chi connectivity index (χ4v) is 1.59. The number of nitrogens with zero attached hydrogens (tertiary/aromatic N) is 3. The third-order valence-electron chi connectivity index (χ3n) is 2.61. The van der Waals surface area contributed by atoms with Crippen LogP contribution in [0.3, 0.4) is 0 Å². The number of hydrogen-bond acceptors (Lipinski definition) is 9. The van der Waals surface area contributed by atoms with Crippen molar-refractivity contribution in [1.82, 2.24) is 20.3 Å². The summed E-state index contributed by atoms with van der Waals surface area (Å²) in [6.07, 6.45) is 1.10. The van der Waals surface area contributed by atoms with Crippen LogP contribution in [0.5, 0.6) is 0 Å². The Kier molecular flexibility index (Phi) is 7.25. The maximum Gasteiger partial charge on any atom is 0.345 e. The number of esters is 1. The highest BCUT2D eigenvalue weighted by atomic mass is 16.6. The van der Waals surface area contributed by atoms with Crippen LogP contribution in [0, 0.1) is 17.0 Å². The van der Waals surface area contributed by atoms with Gasteiger partial charge in [0.1, 0.15) is 32.6 Å². The van der Waals surface area contributed by atoms with E-state index in [9.17, 15) is 24.5 Å². The van der Waals surface area contributed by atoms with Crippen LogP contribution in [0.2, 0.25) is 0 Å². The lowest BCUT2D eigenvalue weighted by atomic mass is 10.5. The minimum Gasteiger partial charge on any atom is -0.460 e. The third kappa shape index (κ3) is 5.98. The first-order valence-electron chi connectivity index (χ1n) is 6.49. The average molecular weight is 345 g/mol. The van der Waals surface area contributed by atoms with E-state index in [0.29, 0.717) is 5.82 Å². The van der Waals surface area contributed by atoms with Gasteiger partial charge in [-0.25, -0.2) is 24.6 Å². The number of nitrogens with one attached hydrogen (secondary N) is 2. The van der Waals surface area contributed by atoms with E-state index >= 15 is 0 Å². The molecule has 0 saturated heterocycles. The molecule has 132 valence electrons. The molecular formula is C11H15N5O8. The summed E-state index contributed by atoms with van der Waals surface area (Å²) in [5, 5.41) is 20.6. The fraction of sp³-hybridized carbons (Fsp3) is 0.455. The number of urea groups is 1. The van der Waals surface area contributed by atoms with Gasteiger partial charge in [-0.3, -0.25) is 15.3 Å². The number of amides is 3. The average Bonchev–Trinajstić information content (AvgIpc) is 2.88. The van der Waals surface area contributed by atoms with Crippen molar-refractivity contribution in [3.05, 3.63) is 22.1 Å². The van der Waals surface area contributed by atoms with Crippen LogP contribution in [-0.4, -0.2) is 57.4 Å². The minimum absolute atomic E-state index is 0.0328. The smallest absolute Gasteiger partial charge is 0.345 e. The number of aromatic nitrogens is 2. The number of nitro groups is 1. The van der Waals surface area contributed by atoms with Crippen LogP contribution in [0.25, 0.3) is 0 Å². The third-order valence-corrected chi connectivity index (χ3v) is 2.61. The molecule has 3 N–H and O–H groups in total. The predicted octanol–water partition coefficient (Wildman–Crippen LogP) is -1.13. The highest BCUT2D eigenvalue weighted by Crippen LogP contribution is 2.12. The number of ether oxygens (including phenoxy) is 2. The number of carbonyl (C=O) groups excluding carboxylic acids is 3. The zero-order chi connectivity index (χ0) is 18.1. The summed E-state index contributed by atoms with van der Waals surface area (Å²) in [6.45, 7) is 0.289. The molecule has 0 fully saturated rings. The zero-order valence-corrected chi connectivity index (χ0v) is 12.6. The fourth-order valence-electron chi connectivity index (χ4n) is 1.59. The van der Waals surface area contributed by atoms with Gasteiger partial charge in [0, 0.05) is 6.92 Å². The lowest BCUT2D eigenvalue weighted by Crippen LogP contribution is -2.40. The van der Waals surface area contributed by atoms with E-state index in [1.54, 1.807) is 12.2 Å². The molecule has 3 amide bonds. The second kappa shape index (κ2) is 9.16. The Morgan fingerprint density at radius 1 is 1.42 bits per heavy atom. The molecular weight excluding hydrogens is 330 g/mol. The van der Waals surface area contributed by atoms with Gasteiger partial charge in [0.15, 0.2) is 5.82 Å². The van der Waals surface area contributed by atoms with Gasteiger partial charge in [-0.1, -0.05) is 0 Å². The standard InChI is InChI=1S/C11H15N5O8/c1-7-12-4-9(16(21)22)15(7)2-3-24-10(18)6-23-5-8(17)13-11(19)14-20/h4,20H,2-3,5-6H2,1H3,(H2,13,14,17,19). The van der Waals surface area contributed by atoms with Gasteiger partial charge >= 0.3 is 17.8 Å². The number of rotatable bonds is 8. The lowest BCUT2D eigenvalue weighted by Gasteiger charge is -2.06. The van der Waals surface area contributed by atoms with Crippen molar-refractivity contribution in [3.8, 4) is 0 Å². The molecule has 0 atom stereocenters. The molecule has 13 heteroatoms. The first-order valence-corrected chi connectivity index (χ1v) is 6.49. The molecule has 0 aromatic carbocycles. The van der Waals surface area contributed by atoms with Crippen molar-refractivity contribution in [2.24, 2.45) is 0 Å². The highest BCUT2D eigenvalue weighted by Gasteiger charge is 2.17. The van der Waals surface area contributed by atoms with Gasteiger partial charge < -0.3 is 19.6 Å². The van der Waals surface area contributed by atoms with E-state index in [1.807, 2.05) is 0 Å². The molecule has 0 spiro atoms. The van der Waals surface area contributed by atoms with E-state index < -0.39 is 36.0 Å². The van der Waals surface area contributed by atoms with Crippen LogP contribution in [0.4, 0.5) is 10.6 Å². The van der Waals surface area contributed by atoms with Gasteiger partial charge in [0.05, 0.1) is 0 Å². The van der Waals surface area contributed by atoms with E-state index in [1.165, 1.54) is 10.0 Å². The van der Waals surface area contributed by atoms with Crippen LogP contribution >= 0.6 is 0 Å². The zero-order valence-electron chi connectivity index (χ0n) is 12.6. The maximum absolute atomic E-state index is 11.4. The normalized spacial score (nSPS) is 10.1. The Morgan fingerprint density at radius 2 is 2.12 bits per heavy atom. The molecule has 0 saturated carbocycles. The summed E-state index contributed by atoms with van der Waals surface area (Å²) in [4.78, 5) is 47.0. The van der Waals surface area contributed by atoms with Crippen molar-refractivity contribution < 1.29 is 34.0 Å². The molecule has 0 aliphatic rings. The van der Waals surface area contributed by atoms with Crippen molar-refractivity contribution in [2.45, 2.75) is 13.5 Å². The Bertz CT molecular complexity index is 628. The minimum atomic E-state index is -1.14. The largest absolute Gasteiger partial charge is 0.460 e. The van der Waals surface area contributed by atoms with Gasteiger partial charge in [-0.15, -0.1) is 0 Å². The van der Waals surface area contributed by atoms with Gasteiger partial charge in [0.25, 0.3) is 5.91 Å². The van der Waals surface area contributed by atoms with Crippen molar-refractivity contribution >= 4 is 23.7 Å². The van der Waals surface area contributed by atoms with Crippen molar-refractivity contribution in [2.75, 3.05) is 19.8 Å². The number of imidazole rings is 1. The number of aryl methyl sites for hydroxylation is 1. The molecule has 0 unspecified atom stereocenters. The van der Waals surface area contributed by atoms with Gasteiger partial charge in [-0.05, 0) is 4.92 Å². The van der Waals surface area contributed by atoms with E-state index in [0.717, 1.165) is 6.20 Å². The van der Waals surface area contributed by atoms with Crippen LogP contribution in [0.15, 0.2) is 6.20 Å². The topological polar surface area (TPSA) is 175 Å². The number of imide groups is 1. The molecule has 0 radical (unpaired) electrons. The first-order chi connectivity index (χ1) is 11.3. The molecule has 1 aromatic heterocycles. The quantitative estimate of drug-likeness (QED) is 0.228. The van der Waals surface area contributed by atoms with Crippen LogP contribution in [-0.2, 0) is 25.6 Å².